The van der Waals surface area contributed by atoms with E-state index < -0.39 is 9.84 Å². The van der Waals surface area contributed by atoms with Crippen molar-refractivity contribution in [1.29, 1.82) is 0 Å². The fraction of sp³-hybridized carbons (Fsp3) is 0.600. The maximum absolute atomic E-state index is 12.4. The van der Waals surface area contributed by atoms with Crippen molar-refractivity contribution < 1.29 is 8.42 Å². The number of anilines is 1. The molecule has 5 heteroatoms. The van der Waals surface area contributed by atoms with Crippen LogP contribution in [0.15, 0.2) is 29.2 Å². The lowest BCUT2D eigenvalue weighted by atomic mass is 9.91. The largest absolute Gasteiger partial charge is 0.366 e. The fourth-order valence-electron chi connectivity index (χ4n) is 2.63. The molecule has 0 bridgehead atoms. The maximum atomic E-state index is 12.4. The molecule has 0 unspecified atom stereocenters. The second kappa shape index (κ2) is 6.81. The molecule has 1 aromatic rings. The van der Waals surface area contributed by atoms with E-state index in [1.165, 1.54) is 6.42 Å². The first-order chi connectivity index (χ1) is 9.60. The summed E-state index contributed by atoms with van der Waals surface area (Å²) in [5.74, 6) is 0.710. The monoisotopic (exact) mass is 315 g/mol. The van der Waals surface area contributed by atoms with E-state index in [4.69, 9.17) is 11.6 Å². The zero-order valence-electron chi connectivity index (χ0n) is 11.9. The number of hydrogen-bond donors (Lipinski definition) is 0. The van der Waals surface area contributed by atoms with Gasteiger partial charge in [0.1, 0.15) is 0 Å². The molecule has 20 heavy (non-hydrogen) atoms. The summed E-state index contributed by atoms with van der Waals surface area (Å²) in [5, 5.41) is 0. The summed E-state index contributed by atoms with van der Waals surface area (Å²) in [6.07, 6.45) is 4.10. The topological polar surface area (TPSA) is 37.4 Å². The van der Waals surface area contributed by atoms with E-state index in [0.717, 1.165) is 18.5 Å². The van der Waals surface area contributed by atoms with Crippen LogP contribution in [0.3, 0.4) is 0 Å². The van der Waals surface area contributed by atoms with Crippen molar-refractivity contribution in [2.24, 2.45) is 0 Å². The Morgan fingerprint density at radius 1 is 1.30 bits per heavy atom. The number of alkyl halides is 1. The van der Waals surface area contributed by atoms with Crippen LogP contribution in [0.2, 0.25) is 0 Å². The van der Waals surface area contributed by atoms with E-state index in [1.807, 2.05) is 19.1 Å². The van der Waals surface area contributed by atoms with E-state index in [0.29, 0.717) is 29.8 Å². The Morgan fingerprint density at radius 3 is 2.55 bits per heavy atom. The van der Waals surface area contributed by atoms with E-state index in [-0.39, 0.29) is 5.75 Å². The van der Waals surface area contributed by atoms with Crippen molar-refractivity contribution in [3.63, 3.8) is 0 Å². The van der Waals surface area contributed by atoms with Crippen LogP contribution in [0, 0.1) is 0 Å². The van der Waals surface area contributed by atoms with Crippen molar-refractivity contribution in [1.82, 2.24) is 0 Å². The Balaban J connectivity index is 2.39. The SMILES string of the molecule is CCCS(=O)(=O)c1ccccc1N(CCCl)C1CCC1. The van der Waals surface area contributed by atoms with Crippen LogP contribution >= 0.6 is 11.6 Å². The third-order valence-corrected chi connectivity index (χ3v) is 5.95. The number of rotatable bonds is 7. The molecular weight excluding hydrogens is 294 g/mol. The summed E-state index contributed by atoms with van der Waals surface area (Å²) >= 11 is 5.91. The van der Waals surface area contributed by atoms with Crippen LogP contribution in [0.5, 0.6) is 0 Å². The Hall–Kier alpha value is -0.740. The highest BCUT2D eigenvalue weighted by Gasteiger charge is 2.28. The van der Waals surface area contributed by atoms with Gasteiger partial charge in [0.25, 0.3) is 0 Å². The van der Waals surface area contributed by atoms with Gasteiger partial charge < -0.3 is 4.90 Å². The molecule has 1 saturated carbocycles. The van der Waals surface area contributed by atoms with E-state index >= 15 is 0 Å². The molecule has 0 amide bonds. The minimum absolute atomic E-state index is 0.198. The first-order valence-electron chi connectivity index (χ1n) is 7.24. The Morgan fingerprint density at radius 2 is 2.00 bits per heavy atom. The number of benzene rings is 1. The van der Waals surface area contributed by atoms with Crippen LogP contribution in [-0.4, -0.2) is 32.6 Å². The summed E-state index contributed by atoms with van der Waals surface area (Å²) in [5.41, 5.74) is 0.825. The van der Waals surface area contributed by atoms with Gasteiger partial charge >= 0.3 is 0 Å². The quantitative estimate of drug-likeness (QED) is 0.723. The molecule has 0 saturated heterocycles. The highest BCUT2D eigenvalue weighted by atomic mass is 35.5. The van der Waals surface area contributed by atoms with Gasteiger partial charge in [-0.2, -0.15) is 0 Å². The summed E-state index contributed by atoms with van der Waals surface area (Å²) in [6, 6.07) is 7.77. The molecule has 1 aliphatic carbocycles. The van der Waals surface area contributed by atoms with Gasteiger partial charge in [0.15, 0.2) is 9.84 Å². The first kappa shape index (κ1) is 15.6. The summed E-state index contributed by atoms with van der Waals surface area (Å²) < 4.78 is 24.9. The van der Waals surface area contributed by atoms with E-state index in [9.17, 15) is 8.42 Å². The third kappa shape index (κ3) is 3.29. The number of para-hydroxylation sites is 1. The average molecular weight is 316 g/mol. The molecule has 1 aromatic carbocycles. The number of sulfone groups is 1. The molecular formula is C15H22ClNO2S. The van der Waals surface area contributed by atoms with Crippen molar-refractivity contribution in [3.8, 4) is 0 Å². The molecule has 0 aromatic heterocycles. The molecule has 0 spiro atoms. The van der Waals surface area contributed by atoms with Crippen LogP contribution in [-0.2, 0) is 9.84 Å². The minimum Gasteiger partial charge on any atom is -0.366 e. The number of nitrogens with zero attached hydrogens (tertiary/aromatic N) is 1. The van der Waals surface area contributed by atoms with Gasteiger partial charge in [-0.25, -0.2) is 8.42 Å². The average Bonchev–Trinajstić information content (AvgIpc) is 2.36. The molecule has 0 heterocycles. The molecule has 112 valence electrons. The fourth-order valence-corrected chi connectivity index (χ4v) is 4.35. The zero-order chi connectivity index (χ0) is 14.6. The predicted octanol–water partition coefficient (Wildman–Crippen LogP) is 3.47. The normalized spacial score (nSPS) is 15.9. The molecule has 0 atom stereocenters. The Labute approximate surface area is 126 Å². The smallest absolute Gasteiger partial charge is 0.180 e. The van der Waals surface area contributed by atoms with Gasteiger partial charge in [-0.1, -0.05) is 19.1 Å². The van der Waals surface area contributed by atoms with Crippen molar-refractivity contribution in [2.45, 2.75) is 43.5 Å². The maximum Gasteiger partial charge on any atom is 0.180 e. The third-order valence-electron chi connectivity index (χ3n) is 3.82. The molecule has 0 aliphatic heterocycles. The van der Waals surface area contributed by atoms with Crippen molar-refractivity contribution >= 4 is 27.1 Å². The first-order valence-corrected chi connectivity index (χ1v) is 9.43. The van der Waals surface area contributed by atoms with Crippen LogP contribution in [0.1, 0.15) is 32.6 Å². The van der Waals surface area contributed by atoms with Gasteiger partial charge in [-0.15, -0.1) is 11.6 Å². The Bertz CT molecular complexity index is 541. The highest BCUT2D eigenvalue weighted by molar-refractivity contribution is 7.91. The van der Waals surface area contributed by atoms with Crippen LogP contribution < -0.4 is 4.90 Å². The van der Waals surface area contributed by atoms with Gasteiger partial charge in [0, 0.05) is 18.5 Å². The minimum atomic E-state index is -3.21. The molecule has 0 N–H and O–H groups in total. The highest BCUT2D eigenvalue weighted by Crippen LogP contribution is 2.34. The zero-order valence-corrected chi connectivity index (χ0v) is 13.5. The summed E-state index contributed by atoms with van der Waals surface area (Å²) in [6.45, 7) is 2.59. The van der Waals surface area contributed by atoms with Gasteiger partial charge in [0.05, 0.1) is 16.3 Å². The molecule has 1 fully saturated rings. The number of hydrogen-bond acceptors (Lipinski definition) is 3. The standard InChI is InChI=1S/C15H22ClNO2S/c1-2-12-20(18,19)15-9-4-3-8-14(15)17(11-10-16)13-6-5-7-13/h3-4,8-9,13H,2,5-7,10-12H2,1H3. The molecule has 0 radical (unpaired) electrons. The number of halogens is 1. The summed E-state index contributed by atoms with van der Waals surface area (Å²) in [7, 11) is -3.21. The van der Waals surface area contributed by atoms with E-state index in [1.54, 1.807) is 12.1 Å². The second-order valence-electron chi connectivity index (χ2n) is 5.25. The van der Waals surface area contributed by atoms with Crippen LogP contribution in [0.4, 0.5) is 5.69 Å². The lowest BCUT2D eigenvalue weighted by Crippen LogP contribution is -2.42. The van der Waals surface area contributed by atoms with Crippen molar-refractivity contribution in [2.75, 3.05) is 23.1 Å². The lowest BCUT2D eigenvalue weighted by Gasteiger charge is -2.39. The molecule has 1 aliphatic rings. The predicted molar refractivity (Wildman–Crippen MR) is 84.5 cm³/mol. The van der Waals surface area contributed by atoms with Gasteiger partial charge in [0.2, 0.25) is 0 Å². The molecule has 2 rings (SSSR count). The van der Waals surface area contributed by atoms with Gasteiger partial charge in [-0.3, -0.25) is 0 Å². The summed E-state index contributed by atoms with van der Waals surface area (Å²) in [4.78, 5) is 2.64. The van der Waals surface area contributed by atoms with E-state index in [2.05, 4.69) is 4.90 Å². The Kier molecular flexibility index (Phi) is 5.33. The second-order valence-corrected chi connectivity index (χ2v) is 7.71. The van der Waals surface area contributed by atoms with Crippen LogP contribution in [0.25, 0.3) is 0 Å². The molecule has 3 nitrogen and oxygen atoms in total. The van der Waals surface area contributed by atoms with Gasteiger partial charge in [-0.05, 0) is 37.8 Å². The lowest BCUT2D eigenvalue weighted by molar-refractivity contribution is 0.389. The van der Waals surface area contributed by atoms with Crippen molar-refractivity contribution in [3.05, 3.63) is 24.3 Å².